The van der Waals surface area contributed by atoms with Gasteiger partial charge in [-0.3, -0.25) is 9.59 Å². The first kappa shape index (κ1) is 35.3. The van der Waals surface area contributed by atoms with E-state index in [0.717, 1.165) is 39.2 Å². The van der Waals surface area contributed by atoms with E-state index in [-0.39, 0.29) is 18.6 Å². The minimum absolute atomic E-state index is 0.0195. The molecule has 1 atom stereocenters. The van der Waals surface area contributed by atoms with Crippen molar-refractivity contribution in [1.82, 2.24) is 16.1 Å². The number of amides is 3. The van der Waals surface area contributed by atoms with E-state index in [1.54, 1.807) is 24.3 Å². The van der Waals surface area contributed by atoms with Gasteiger partial charge in [0.2, 0.25) is 5.91 Å². The molecule has 258 valence electrons. The molecule has 0 fully saturated rings. The average molecular weight is 680 g/mol. The number of ether oxygens (including phenoxy) is 2. The van der Waals surface area contributed by atoms with Gasteiger partial charge in [0, 0.05) is 12.8 Å². The predicted octanol–water partition coefficient (Wildman–Crippen LogP) is 6.19. The van der Waals surface area contributed by atoms with Crippen LogP contribution >= 0.6 is 0 Å². The molecular weight excluding hydrogens is 641 g/mol. The van der Waals surface area contributed by atoms with Crippen molar-refractivity contribution in [2.75, 3.05) is 13.2 Å². The number of hydroxylamine groups is 1. The molecule has 0 spiro atoms. The number of carbonyl (C=O) groups is 4. The van der Waals surface area contributed by atoms with Gasteiger partial charge >= 0.3 is 12.1 Å². The Kier molecular flexibility index (Phi) is 11.3. The first-order valence-electron chi connectivity index (χ1n) is 16.1. The lowest BCUT2D eigenvalue weighted by Gasteiger charge is -2.22. The quantitative estimate of drug-likeness (QED) is 0.112. The second-order valence-corrected chi connectivity index (χ2v) is 12.6. The van der Waals surface area contributed by atoms with E-state index < -0.39 is 47.9 Å². The minimum Gasteiger partial charge on any atom is -0.488 e. The van der Waals surface area contributed by atoms with E-state index in [1.807, 2.05) is 74.8 Å². The first-order chi connectivity index (χ1) is 23.9. The highest BCUT2D eigenvalue weighted by Crippen LogP contribution is 2.29. The van der Waals surface area contributed by atoms with Gasteiger partial charge in [-0.15, -0.1) is 0 Å². The van der Waals surface area contributed by atoms with Gasteiger partial charge in [0.15, 0.2) is 0 Å². The van der Waals surface area contributed by atoms with E-state index in [9.17, 15) is 23.6 Å². The van der Waals surface area contributed by atoms with E-state index in [4.69, 9.17) is 14.3 Å². The van der Waals surface area contributed by atoms with Crippen LogP contribution in [0.4, 0.5) is 9.18 Å². The Balaban J connectivity index is 1.22. The molecule has 0 radical (unpaired) electrons. The Morgan fingerprint density at radius 3 is 2.04 bits per heavy atom. The zero-order valence-corrected chi connectivity index (χ0v) is 28.0. The third kappa shape index (κ3) is 9.79. The van der Waals surface area contributed by atoms with Crippen molar-refractivity contribution in [2.24, 2.45) is 0 Å². The normalized spacial score (nSPS) is 11.8. The molecule has 5 rings (SSSR count). The SMILES string of the molecule is CC(C)(C)Oc1ccc(C[C@H](NC(=O)OCCc2c3ccccc3cc3ccccc23)C(=O)NCC(=O)NOC(=O)c2ccc(F)cc2)cc1. The molecule has 3 amide bonds. The van der Waals surface area contributed by atoms with Gasteiger partial charge < -0.3 is 24.9 Å². The number of hydrogen-bond acceptors (Lipinski definition) is 7. The lowest BCUT2D eigenvalue weighted by atomic mass is 9.95. The molecular formula is C39H38FN3O7. The number of hydrogen-bond donors (Lipinski definition) is 3. The molecule has 0 unspecified atom stereocenters. The van der Waals surface area contributed by atoms with Crippen LogP contribution in [0.3, 0.4) is 0 Å². The van der Waals surface area contributed by atoms with Gasteiger partial charge in [0.1, 0.15) is 23.2 Å². The van der Waals surface area contributed by atoms with Crippen LogP contribution in [0.25, 0.3) is 21.5 Å². The smallest absolute Gasteiger partial charge is 0.407 e. The summed E-state index contributed by atoms with van der Waals surface area (Å²) >= 11 is 0. The number of benzene rings is 5. The van der Waals surface area contributed by atoms with Crippen LogP contribution < -0.4 is 20.9 Å². The highest BCUT2D eigenvalue weighted by molar-refractivity contribution is 6.02. The van der Waals surface area contributed by atoms with Crippen LogP contribution in [-0.2, 0) is 32.0 Å². The molecule has 0 aliphatic carbocycles. The van der Waals surface area contributed by atoms with Crippen molar-refractivity contribution in [1.29, 1.82) is 0 Å². The molecule has 0 heterocycles. The fourth-order valence-corrected chi connectivity index (χ4v) is 5.37. The summed E-state index contributed by atoms with van der Waals surface area (Å²) in [5.41, 5.74) is 3.33. The summed E-state index contributed by atoms with van der Waals surface area (Å²) in [6.07, 6.45) is -0.288. The van der Waals surface area contributed by atoms with Crippen molar-refractivity contribution >= 4 is 45.4 Å². The van der Waals surface area contributed by atoms with Crippen molar-refractivity contribution in [3.05, 3.63) is 126 Å². The molecule has 3 N–H and O–H groups in total. The second kappa shape index (κ2) is 16.0. The van der Waals surface area contributed by atoms with E-state index in [1.165, 1.54) is 12.1 Å². The number of nitrogens with one attached hydrogen (secondary N) is 3. The minimum atomic E-state index is -1.12. The number of halogens is 1. The summed E-state index contributed by atoms with van der Waals surface area (Å²) in [4.78, 5) is 55.6. The van der Waals surface area contributed by atoms with Crippen LogP contribution in [0.1, 0.15) is 42.3 Å². The summed E-state index contributed by atoms with van der Waals surface area (Å²) < 4.78 is 24.6. The van der Waals surface area contributed by atoms with Crippen molar-refractivity contribution in [2.45, 2.75) is 45.3 Å². The van der Waals surface area contributed by atoms with Gasteiger partial charge in [-0.1, -0.05) is 60.7 Å². The summed E-state index contributed by atoms with van der Waals surface area (Å²) in [5.74, 6) is -2.31. The Morgan fingerprint density at radius 1 is 0.800 bits per heavy atom. The van der Waals surface area contributed by atoms with Crippen LogP contribution in [0.5, 0.6) is 5.75 Å². The number of fused-ring (bicyclic) bond motifs is 2. The van der Waals surface area contributed by atoms with Gasteiger partial charge in [-0.25, -0.2) is 14.0 Å². The Morgan fingerprint density at radius 2 is 1.42 bits per heavy atom. The van der Waals surface area contributed by atoms with Gasteiger partial charge in [0.25, 0.3) is 5.91 Å². The molecule has 11 heteroatoms. The zero-order chi connectivity index (χ0) is 35.7. The van der Waals surface area contributed by atoms with Crippen LogP contribution in [0.15, 0.2) is 103 Å². The van der Waals surface area contributed by atoms with Crippen LogP contribution in [0, 0.1) is 5.82 Å². The fourth-order valence-electron chi connectivity index (χ4n) is 5.37. The summed E-state index contributed by atoms with van der Waals surface area (Å²) in [6.45, 7) is 5.28. The molecule has 0 saturated heterocycles. The molecule has 5 aromatic rings. The lowest BCUT2D eigenvalue weighted by molar-refractivity contribution is -0.132. The lowest BCUT2D eigenvalue weighted by Crippen LogP contribution is -2.50. The number of alkyl carbamates (subject to hydrolysis) is 1. The van der Waals surface area contributed by atoms with E-state index in [2.05, 4.69) is 16.7 Å². The topological polar surface area (TPSA) is 132 Å². The third-order valence-corrected chi connectivity index (χ3v) is 7.62. The average Bonchev–Trinajstić information content (AvgIpc) is 3.09. The molecule has 10 nitrogen and oxygen atoms in total. The summed E-state index contributed by atoms with van der Waals surface area (Å²) in [5, 5.41) is 9.37. The molecule has 5 aromatic carbocycles. The Labute approximate surface area is 288 Å². The highest BCUT2D eigenvalue weighted by atomic mass is 19.1. The summed E-state index contributed by atoms with van der Waals surface area (Å²) in [7, 11) is 0. The van der Waals surface area contributed by atoms with Crippen molar-refractivity contribution in [3.63, 3.8) is 0 Å². The molecule has 0 saturated carbocycles. The third-order valence-electron chi connectivity index (χ3n) is 7.62. The van der Waals surface area contributed by atoms with E-state index >= 15 is 0 Å². The monoisotopic (exact) mass is 679 g/mol. The second-order valence-electron chi connectivity index (χ2n) is 12.6. The van der Waals surface area contributed by atoms with Gasteiger partial charge in [-0.2, -0.15) is 5.48 Å². The van der Waals surface area contributed by atoms with E-state index in [0.29, 0.717) is 17.7 Å². The predicted molar refractivity (Wildman–Crippen MR) is 187 cm³/mol. The Bertz CT molecular complexity index is 1940. The zero-order valence-electron chi connectivity index (χ0n) is 28.0. The molecule has 0 bridgehead atoms. The number of rotatable bonds is 11. The summed E-state index contributed by atoms with van der Waals surface area (Å²) in [6, 6.07) is 28.7. The fraction of sp³-hybridized carbons (Fsp3) is 0.231. The van der Waals surface area contributed by atoms with Gasteiger partial charge in [0.05, 0.1) is 18.7 Å². The van der Waals surface area contributed by atoms with Crippen LogP contribution in [-0.4, -0.2) is 48.7 Å². The van der Waals surface area contributed by atoms with Crippen molar-refractivity contribution in [3.8, 4) is 5.75 Å². The number of carbonyl (C=O) groups excluding carboxylic acids is 4. The standard InChI is InChI=1S/C39H38FN3O7/c1-39(2,3)49-30-18-12-25(13-19-30)22-34(36(45)41-24-35(44)43-50-37(46)26-14-16-29(40)17-15-26)42-38(47)48-21-20-33-31-10-6-4-8-27(31)23-28-9-5-7-11-32(28)33/h4-19,23,34H,20-22,24H2,1-3H3,(H,41,45)(H,42,47)(H,43,44)/t34-/m0/s1. The van der Waals surface area contributed by atoms with Crippen LogP contribution in [0.2, 0.25) is 0 Å². The molecule has 50 heavy (non-hydrogen) atoms. The highest BCUT2D eigenvalue weighted by Gasteiger charge is 2.23. The Hall–Kier alpha value is -5.97. The van der Waals surface area contributed by atoms with Gasteiger partial charge in [-0.05, 0) is 95.9 Å². The first-order valence-corrected chi connectivity index (χ1v) is 16.1. The van der Waals surface area contributed by atoms with Crippen molar-refractivity contribution < 1.29 is 37.9 Å². The maximum Gasteiger partial charge on any atom is 0.407 e. The maximum absolute atomic E-state index is 13.3. The largest absolute Gasteiger partial charge is 0.488 e. The maximum atomic E-state index is 13.3. The molecule has 0 aliphatic rings. The molecule has 0 aromatic heterocycles. The molecule has 0 aliphatic heterocycles.